The van der Waals surface area contributed by atoms with Crippen LogP contribution in [0.3, 0.4) is 0 Å². The number of anilines is 1. The normalized spacial score (nSPS) is 17.5. The highest BCUT2D eigenvalue weighted by molar-refractivity contribution is 6.20. The second kappa shape index (κ2) is 18.9. The lowest BCUT2D eigenvalue weighted by Crippen LogP contribution is -2.50. The van der Waals surface area contributed by atoms with Crippen LogP contribution in [0, 0.1) is 18.8 Å². The number of hydrogen-bond donors (Lipinski definition) is 2. The van der Waals surface area contributed by atoms with Gasteiger partial charge in [0.1, 0.15) is 0 Å². The van der Waals surface area contributed by atoms with E-state index in [2.05, 4.69) is 33.4 Å². The summed E-state index contributed by atoms with van der Waals surface area (Å²) in [5.41, 5.74) is 2.41. The van der Waals surface area contributed by atoms with Gasteiger partial charge in [-0.25, -0.2) is 4.99 Å². The summed E-state index contributed by atoms with van der Waals surface area (Å²) < 4.78 is 71.7. The van der Waals surface area contributed by atoms with Gasteiger partial charge in [0.2, 0.25) is 18.0 Å². The standard InChI is InChI=1S/C29H35F3N6O3.C3H5F3.C2H2/c1-36-14-16-38(17-15-36)19-33-24(39)18-21(12-13-29(30,31)32)27(40)35-26-28(41)37(2)23-11-7-6-10-22(23)25(34-26)20-8-4-3-5-9-20;1-2-3(4,5)6;1-2/h3-11,21,26H,12-19H2,1-2H3,(H,33,39)(H,35,40);2H2,1H3;1-2H/t21-,26-;;/m1../s1. The van der Waals surface area contributed by atoms with Gasteiger partial charge < -0.3 is 20.4 Å². The Morgan fingerprint density at radius 2 is 1.49 bits per heavy atom. The van der Waals surface area contributed by atoms with Crippen LogP contribution in [0.4, 0.5) is 32.0 Å². The Balaban J connectivity index is 0.000000940. The molecule has 49 heavy (non-hydrogen) atoms. The number of halogens is 6. The number of benzodiazepines with no additional fused rings is 1. The second-order valence-corrected chi connectivity index (χ2v) is 11.4. The van der Waals surface area contributed by atoms with Gasteiger partial charge >= 0.3 is 12.4 Å². The van der Waals surface area contributed by atoms with E-state index < -0.39 is 67.8 Å². The number of carbonyl (C=O) groups is 3. The summed E-state index contributed by atoms with van der Waals surface area (Å²) in [5, 5.41) is 5.27. The van der Waals surface area contributed by atoms with Crippen LogP contribution in [0.5, 0.6) is 0 Å². The van der Waals surface area contributed by atoms with Gasteiger partial charge in [-0.2, -0.15) is 26.3 Å². The summed E-state index contributed by atoms with van der Waals surface area (Å²) in [6, 6.07) is 16.3. The highest BCUT2D eigenvalue weighted by Crippen LogP contribution is 2.28. The maximum atomic E-state index is 13.4. The first-order chi connectivity index (χ1) is 23.1. The molecule has 0 bridgehead atoms. The summed E-state index contributed by atoms with van der Waals surface area (Å²) in [6.07, 6.45) is -4.86. The number of benzene rings is 2. The van der Waals surface area contributed by atoms with E-state index in [-0.39, 0.29) is 6.67 Å². The van der Waals surface area contributed by atoms with Crippen molar-refractivity contribution in [3.63, 3.8) is 0 Å². The molecule has 268 valence electrons. The number of nitrogens with one attached hydrogen (secondary N) is 2. The van der Waals surface area contributed by atoms with Crippen molar-refractivity contribution in [2.45, 2.75) is 51.1 Å². The third-order valence-corrected chi connectivity index (χ3v) is 7.74. The molecule has 0 spiro atoms. The quantitative estimate of drug-likeness (QED) is 0.290. The molecule has 0 aromatic heterocycles. The fourth-order valence-electron chi connectivity index (χ4n) is 4.86. The number of amides is 3. The van der Waals surface area contributed by atoms with Gasteiger partial charge in [0.05, 0.1) is 18.1 Å². The van der Waals surface area contributed by atoms with Gasteiger partial charge in [0.15, 0.2) is 0 Å². The number of hydrogen-bond acceptors (Lipinski definition) is 6. The Morgan fingerprint density at radius 3 is 2.06 bits per heavy atom. The number of likely N-dealkylation sites (N-methyl/N-ethyl adjacent to an activating group) is 2. The molecule has 0 unspecified atom stereocenters. The monoisotopic (exact) mass is 696 g/mol. The predicted molar refractivity (Wildman–Crippen MR) is 176 cm³/mol. The molecule has 0 aliphatic carbocycles. The first-order valence-corrected chi connectivity index (χ1v) is 15.5. The Kier molecular flexibility index (Phi) is 15.8. The van der Waals surface area contributed by atoms with Crippen molar-refractivity contribution in [2.24, 2.45) is 10.9 Å². The third kappa shape index (κ3) is 13.5. The van der Waals surface area contributed by atoms with Crippen molar-refractivity contribution >= 4 is 29.1 Å². The molecule has 2 aromatic carbocycles. The zero-order valence-electron chi connectivity index (χ0n) is 27.7. The van der Waals surface area contributed by atoms with Crippen molar-refractivity contribution in [2.75, 3.05) is 51.8 Å². The molecule has 3 amide bonds. The lowest BCUT2D eigenvalue weighted by Gasteiger charge is -2.32. The van der Waals surface area contributed by atoms with Gasteiger partial charge in [-0.3, -0.25) is 19.3 Å². The van der Waals surface area contributed by atoms with Crippen molar-refractivity contribution in [3.05, 3.63) is 65.7 Å². The number of fused-ring (bicyclic) bond motifs is 1. The van der Waals surface area contributed by atoms with Crippen molar-refractivity contribution in [1.29, 1.82) is 0 Å². The summed E-state index contributed by atoms with van der Waals surface area (Å²) in [6.45, 7) is 4.50. The number of carbonyl (C=O) groups excluding carboxylic acids is 3. The Morgan fingerprint density at radius 1 is 0.918 bits per heavy atom. The highest BCUT2D eigenvalue weighted by Gasteiger charge is 2.35. The topological polar surface area (TPSA) is 97.3 Å². The van der Waals surface area contributed by atoms with E-state index in [0.717, 1.165) is 33.1 Å². The number of nitrogens with zero attached hydrogens (tertiary/aromatic N) is 4. The molecular formula is C34H42F6N6O3. The molecule has 2 aliphatic rings. The van der Waals surface area contributed by atoms with Crippen LogP contribution in [0.25, 0.3) is 0 Å². The average Bonchev–Trinajstić information content (AvgIpc) is 3.17. The lowest BCUT2D eigenvalue weighted by atomic mass is 9.97. The average molecular weight is 697 g/mol. The molecule has 2 aromatic rings. The van der Waals surface area contributed by atoms with Crippen LogP contribution in [-0.4, -0.2) is 98.7 Å². The van der Waals surface area contributed by atoms with Crippen LogP contribution in [0.1, 0.15) is 43.7 Å². The third-order valence-electron chi connectivity index (χ3n) is 7.74. The summed E-state index contributed by atoms with van der Waals surface area (Å²) in [5.74, 6) is -3.22. The maximum absolute atomic E-state index is 13.4. The number of piperazine rings is 1. The Bertz CT molecular complexity index is 1420. The zero-order chi connectivity index (χ0) is 36.8. The molecule has 1 saturated heterocycles. The van der Waals surface area contributed by atoms with Crippen molar-refractivity contribution < 1.29 is 40.7 Å². The fraction of sp³-hybridized carbons (Fsp3) is 0.471. The summed E-state index contributed by atoms with van der Waals surface area (Å²) in [4.78, 5) is 49.7. The molecule has 2 aliphatic heterocycles. The minimum absolute atomic E-state index is 0.245. The van der Waals surface area contributed by atoms with E-state index in [1.807, 2.05) is 54.4 Å². The number of terminal acetylenes is 1. The molecule has 2 N–H and O–H groups in total. The number of rotatable bonds is 9. The van der Waals surface area contributed by atoms with E-state index in [9.17, 15) is 40.7 Å². The van der Waals surface area contributed by atoms with E-state index in [0.29, 0.717) is 22.5 Å². The number of alkyl halides is 6. The van der Waals surface area contributed by atoms with Crippen LogP contribution < -0.4 is 15.5 Å². The maximum Gasteiger partial charge on any atom is 0.389 e. The van der Waals surface area contributed by atoms with Crippen LogP contribution in [0.15, 0.2) is 59.6 Å². The highest BCUT2D eigenvalue weighted by atomic mass is 19.4. The largest absolute Gasteiger partial charge is 0.389 e. The number of aliphatic imine (C=N–C) groups is 1. The SMILES string of the molecule is C#C.CCC(F)(F)F.CN1CCN(CNC(=O)C[C@@H](CCC(F)(F)F)C(=O)N[C@H]2N=C(c3ccccc3)c3ccccc3N(C)C2=O)CC1. The minimum atomic E-state index is -4.51. The van der Waals surface area contributed by atoms with Crippen LogP contribution in [0.2, 0.25) is 0 Å². The van der Waals surface area contributed by atoms with E-state index in [1.165, 1.54) is 4.90 Å². The Hall–Kier alpha value is -4.42. The first-order valence-electron chi connectivity index (χ1n) is 15.5. The van der Waals surface area contributed by atoms with Crippen molar-refractivity contribution in [3.8, 4) is 12.8 Å². The lowest BCUT2D eigenvalue weighted by molar-refractivity contribution is -0.144. The van der Waals surface area contributed by atoms with Gasteiger partial charge in [0.25, 0.3) is 5.91 Å². The fourth-order valence-corrected chi connectivity index (χ4v) is 4.86. The van der Waals surface area contributed by atoms with Gasteiger partial charge in [0, 0.05) is 69.5 Å². The first kappa shape index (κ1) is 40.8. The van der Waals surface area contributed by atoms with Crippen molar-refractivity contribution in [1.82, 2.24) is 20.4 Å². The molecule has 1 fully saturated rings. The smallest absolute Gasteiger partial charge is 0.343 e. The van der Waals surface area contributed by atoms with E-state index in [4.69, 9.17) is 0 Å². The van der Waals surface area contributed by atoms with E-state index >= 15 is 0 Å². The van der Waals surface area contributed by atoms with Crippen LogP contribution >= 0.6 is 0 Å². The summed E-state index contributed by atoms with van der Waals surface area (Å²) in [7, 11) is 3.55. The van der Waals surface area contributed by atoms with Gasteiger partial charge in [-0.1, -0.05) is 55.5 Å². The molecule has 4 rings (SSSR count). The zero-order valence-corrected chi connectivity index (χ0v) is 27.7. The summed E-state index contributed by atoms with van der Waals surface area (Å²) >= 11 is 0. The van der Waals surface area contributed by atoms with Crippen LogP contribution in [-0.2, 0) is 14.4 Å². The molecule has 2 heterocycles. The van der Waals surface area contributed by atoms with E-state index in [1.54, 1.807) is 19.2 Å². The molecule has 15 heteroatoms. The predicted octanol–water partition coefficient (Wildman–Crippen LogP) is 4.82. The minimum Gasteiger partial charge on any atom is -0.343 e. The van der Waals surface area contributed by atoms with Gasteiger partial charge in [-0.15, -0.1) is 12.8 Å². The molecular weight excluding hydrogens is 654 g/mol. The molecule has 0 radical (unpaired) electrons. The molecule has 0 saturated carbocycles. The molecule has 9 nitrogen and oxygen atoms in total. The Labute approximate surface area is 282 Å². The second-order valence-electron chi connectivity index (χ2n) is 11.4. The number of para-hydroxylation sites is 1. The molecule has 2 atom stereocenters. The van der Waals surface area contributed by atoms with Gasteiger partial charge in [-0.05, 0) is 19.5 Å².